The molecule has 0 radical (unpaired) electrons. The van der Waals surface area contributed by atoms with Crippen molar-refractivity contribution in [1.29, 1.82) is 0 Å². The molecular weight excluding hydrogens is 383 g/mol. The van der Waals surface area contributed by atoms with Gasteiger partial charge in [-0.25, -0.2) is 14.2 Å². The highest BCUT2D eigenvalue weighted by molar-refractivity contribution is 6.07. The average Bonchev–Trinajstić information content (AvgIpc) is 3.19. The van der Waals surface area contributed by atoms with E-state index in [4.69, 9.17) is 9.84 Å². The highest BCUT2D eigenvalue weighted by atomic mass is 19.1. The number of benzene rings is 2. The molecule has 0 aromatic heterocycles. The number of fused-ring (bicyclic) bond motifs is 3. The molecule has 5 rings (SSSR count). The van der Waals surface area contributed by atoms with Crippen molar-refractivity contribution in [1.82, 2.24) is 15.2 Å². The summed E-state index contributed by atoms with van der Waals surface area (Å²) in [6, 6.07) is 14.1. The van der Waals surface area contributed by atoms with Crippen LogP contribution < -0.4 is 10.1 Å². The van der Waals surface area contributed by atoms with Crippen molar-refractivity contribution in [2.24, 2.45) is 11.0 Å². The SMILES string of the molecule is CN(C(=O)N1N=C2c3cc(F)ccc3OC[C@@H]2[C@@H]1c1ccccc1)C1CCNCC1. The standard InChI is InChI=1S/C23H25FN4O2/c1-27(17-9-11-25-12-10-17)23(29)28-22(15-5-3-2-4-6-15)19-14-30-20-8-7-16(24)13-18(20)21(19)26-28/h2-8,13,17,19,22,25H,9-12,14H2,1H3/t19-,22-/m0/s1. The molecule has 2 amide bonds. The fourth-order valence-electron chi connectivity index (χ4n) is 4.70. The van der Waals surface area contributed by atoms with E-state index in [0.29, 0.717) is 17.9 Å². The number of urea groups is 1. The Balaban J connectivity index is 1.54. The first-order valence-electron chi connectivity index (χ1n) is 10.5. The normalized spacial score (nSPS) is 23.3. The quantitative estimate of drug-likeness (QED) is 0.829. The van der Waals surface area contributed by atoms with Crippen LogP contribution in [0.15, 0.2) is 53.6 Å². The van der Waals surface area contributed by atoms with Gasteiger partial charge in [0, 0.05) is 18.7 Å². The van der Waals surface area contributed by atoms with Gasteiger partial charge < -0.3 is 15.0 Å². The number of ether oxygens (including phenoxy) is 1. The predicted octanol–water partition coefficient (Wildman–Crippen LogP) is 3.40. The minimum Gasteiger partial charge on any atom is -0.492 e. The summed E-state index contributed by atoms with van der Waals surface area (Å²) in [5, 5.41) is 9.69. The lowest BCUT2D eigenvalue weighted by atomic mass is 9.86. The Morgan fingerprint density at radius 1 is 1.20 bits per heavy atom. The number of hydrogen-bond acceptors (Lipinski definition) is 4. The van der Waals surface area contributed by atoms with Crippen LogP contribution in [-0.2, 0) is 0 Å². The number of nitrogens with one attached hydrogen (secondary N) is 1. The van der Waals surface area contributed by atoms with E-state index in [1.807, 2.05) is 42.3 Å². The maximum atomic E-state index is 14.0. The topological polar surface area (TPSA) is 57.2 Å². The first-order valence-corrected chi connectivity index (χ1v) is 10.5. The molecule has 7 heteroatoms. The number of amides is 2. The van der Waals surface area contributed by atoms with Crippen LogP contribution in [0, 0.1) is 11.7 Å². The van der Waals surface area contributed by atoms with E-state index in [2.05, 4.69) is 5.32 Å². The Hall–Kier alpha value is -2.93. The minimum atomic E-state index is -0.339. The van der Waals surface area contributed by atoms with Gasteiger partial charge in [-0.15, -0.1) is 0 Å². The zero-order valence-electron chi connectivity index (χ0n) is 16.9. The second kappa shape index (κ2) is 7.72. The average molecular weight is 408 g/mol. The molecule has 0 bridgehead atoms. The maximum absolute atomic E-state index is 14.0. The van der Waals surface area contributed by atoms with Crippen LogP contribution in [0.2, 0.25) is 0 Å². The van der Waals surface area contributed by atoms with E-state index >= 15 is 0 Å². The molecule has 6 nitrogen and oxygen atoms in total. The van der Waals surface area contributed by atoms with E-state index in [-0.39, 0.29) is 29.8 Å². The molecule has 2 aromatic rings. The Labute approximate surface area is 175 Å². The molecule has 1 saturated heterocycles. The molecule has 0 saturated carbocycles. The fraction of sp³-hybridized carbons (Fsp3) is 0.391. The molecule has 0 spiro atoms. The molecule has 3 aliphatic heterocycles. The van der Waals surface area contributed by atoms with Crippen LogP contribution in [0.3, 0.4) is 0 Å². The van der Waals surface area contributed by atoms with Gasteiger partial charge in [0.1, 0.15) is 11.6 Å². The third kappa shape index (κ3) is 3.23. The maximum Gasteiger partial charge on any atom is 0.341 e. The Kier molecular flexibility index (Phi) is 4.90. The summed E-state index contributed by atoms with van der Waals surface area (Å²) in [6.45, 7) is 2.21. The molecule has 30 heavy (non-hydrogen) atoms. The third-order valence-corrected chi connectivity index (χ3v) is 6.34. The summed E-state index contributed by atoms with van der Waals surface area (Å²) in [6.07, 6.45) is 1.84. The van der Waals surface area contributed by atoms with Gasteiger partial charge in [-0.05, 0) is 49.7 Å². The number of halogens is 1. The number of rotatable bonds is 2. The summed E-state index contributed by atoms with van der Waals surface area (Å²) in [5.74, 6) is 0.125. The summed E-state index contributed by atoms with van der Waals surface area (Å²) >= 11 is 0. The number of carbonyl (C=O) groups excluding carboxylic acids is 1. The van der Waals surface area contributed by atoms with Crippen molar-refractivity contribution < 1.29 is 13.9 Å². The molecule has 156 valence electrons. The first-order chi connectivity index (χ1) is 14.6. The Bertz CT molecular complexity index is 974. The number of nitrogens with zero attached hydrogens (tertiary/aromatic N) is 3. The molecule has 1 fully saturated rings. The summed E-state index contributed by atoms with van der Waals surface area (Å²) in [7, 11) is 1.85. The van der Waals surface area contributed by atoms with Crippen molar-refractivity contribution in [3.8, 4) is 5.75 Å². The van der Waals surface area contributed by atoms with Crippen molar-refractivity contribution in [2.45, 2.75) is 24.9 Å². The number of carbonyl (C=O) groups is 1. The Morgan fingerprint density at radius 3 is 2.73 bits per heavy atom. The van der Waals surface area contributed by atoms with Gasteiger partial charge in [0.15, 0.2) is 0 Å². The number of hydrazone groups is 1. The minimum absolute atomic E-state index is 0.129. The van der Waals surface area contributed by atoms with Gasteiger partial charge in [0.05, 0.1) is 24.3 Å². The zero-order chi connectivity index (χ0) is 20.7. The molecule has 3 aliphatic rings. The first kappa shape index (κ1) is 19.1. The van der Waals surface area contributed by atoms with Gasteiger partial charge in [0.2, 0.25) is 0 Å². The van der Waals surface area contributed by atoms with E-state index in [0.717, 1.165) is 37.2 Å². The molecule has 0 aliphatic carbocycles. The van der Waals surface area contributed by atoms with Crippen molar-refractivity contribution in [3.05, 3.63) is 65.5 Å². The van der Waals surface area contributed by atoms with Crippen molar-refractivity contribution in [3.63, 3.8) is 0 Å². The highest BCUT2D eigenvalue weighted by Gasteiger charge is 2.46. The van der Waals surface area contributed by atoms with Gasteiger partial charge >= 0.3 is 6.03 Å². The molecule has 2 aromatic carbocycles. The number of piperidine rings is 1. The third-order valence-electron chi connectivity index (χ3n) is 6.34. The second-order valence-electron chi connectivity index (χ2n) is 8.12. The van der Waals surface area contributed by atoms with Crippen LogP contribution in [0.4, 0.5) is 9.18 Å². The van der Waals surface area contributed by atoms with E-state index in [1.165, 1.54) is 12.1 Å². The molecule has 1 N–H and O–H groups in total. The van der Waals surface area contributed by atoms with E-state index < -0.39 is 0 Å². The smallest absolute Gasteiger partial charge is 0.341 e. The van der Waals surface area contributed by atoms with Crippen molar-refractivity contribution >= 4 is 11.7 Å². The van der Waals surface area contributed by atoms with Crippen LogP contribution in [0.25, 0.3) is 0 Å². The monoisotopic (exact) mass is 408 g/mol. The lowest BCUT2D eigenvalue weighted by molar-refractivity contribution is 0.114. The van der Waals surface area contributed by atoms with Gasteiger partial charge in [-0.1, -0.05) is 30.3 Å². The lowest BCUT2D eigenvalue weighted by Gasteiger charge is -2.36. The second-order valence-corrected chi connectivity index (χ2v) is 8.12. The predicted molar refractivity (Wildman–Crippen MR) is 112 cm³/mol. The largest absolute Gasteiger partial charge is 0.492 e. The number of hydrogen-bond donors (Lipinski definition) is 1. The van der Waals surface area contributed by atoms with Crippen LogP contribution in [0.5, 0.6) is 5.75 Å². The van der Waals surface area contributed by atoms with E-state index in [9.17, 15) is 9.18 Å². The lowest BCUT2D eigenvalue weighted by Crippen LogP contribution is -2.48. The molecular formula is C23H25FN4O2. The fourth-order valence-corrected chi connectivity index (χ4v) is 4.70. The van der Waals surface area contributed by atoms with Crippen LogP contribution >= 0.6 is 0 Å². The van der Waals surface area contributed by atoms with E-state index in [1.54, 1.807) is 11.1 Å². The van der Waals surface area contributed by atoms with Crippen LogP contribution in [-0.4, -0.2) is 54.4 Å². The van der Waals surface area contributed by atoms with Gasteiger partial charge in [-0.2, -0.15) is 5.10 Å². The molecule has 2 atom stereocenters. The van der Waals surface area contributed by atoms with Gasteiger partial charge in [0.25, 0.3) is 0 Å². The molecule has 3 heterocycles. The Morgan fingerprint density at radius 2 is 1.97 bits per heavy atom. The summed E-state index contributed by atoms with van der Waals surface area (Å²) in [4.78, 5) is 15.4. The van der Waals surface area contributed by atoms with Gasteiger partial charge in [-0.3, -0.25) is 0 Å². The van der Waals surface area contributed by atoms with Crippen molar-refractivity contribution in [2.75, 3.05) is 26.7 Å². The zero-order valence-corrected chi connectivity index (χ0v) is 16.9. The summed E-state index contributed by atoms with van der Waals surface area (Å²) in [5.41, 5.74) is 2.35. The highest BCUT2D eigenvalue weighted by Crippen LogP contribution is 2.43. The molecule has 0 unspecified atom stereocenters. The summed E-state index contributed by atoms with van der Waals surface area (Å²) < 4.78 is 19.9. The van der Waals surface area contributed by atoms with Crippen LogP contribution in [0.1, 0.15) is 30.0 Å².